The van der Waals surface area contributed by atoms with Gasteiger partial charge < -0.3 is 5.11 Å². The van der Waals surface area contributed by atoms with Crippen LogP contribution in [0.4, 0.5) is 0 Å². The van der Waals surface area contributed by atoms with Crippen molar-refractivity contribution in [2.75, 3.05) is 20.7 Å². The second-order valence-corrected chi connectivity index (χ2v) is 4.46. The van der Waals surface area contributed by atoms with E-state index < -0.39 is 5.72 Å². The molecule has 0 aliphatic carbocycles. The minimum atomic E-state index is -0.799. The summed E-state index contributed by atoms with van der Waals surface area (Å²) in [5, 5.41) is 10.1. The molecule has 3 heteroatoms. The summed E-state index contributed by atoms with van der Waals surface area (Å²) >= 11 is 0. The molecule has 1 unspecified atom stereocenters. The summed E-state index contributed by atoms with van der Waals surface area (Å²) in [6, 6.07) is 0. The van der Waals surface area contributed by atoms with Crippen LogP contribution in [0.3, 0.4) is 0 Å². The minimum absolute atomic E-state index is 0.215. The van der Waals surface area contributed by atoms with Crippen LogP contribution < -0.4 is 0 Å². The third-order valence-electron chi connectivity index (χ3n) is 2.99. The molecule has 0 radical (unpaired) electrons. The van der Waals surface area contributed by atoms with E-state index >= 15 is 0 Å². The van der Waals surface area contributed by atoms with Gasteiger partial charge in [0, 0.05) is 13.3 Å². The van der Waals surface area contributed by atoms with E-state index in [9.17, 15) is 5.11 Å². The van der Waals surface area contributed by atoms with E-state index in [0.29, 0.717) is 6.42 Å². The molecular formula is C11H26NO2+. The Morgan fingerprint density at radius 1 is 1.21 bits per heavy atom. The molecule has 0 aliphatic rings. The molecule has 1 atom stereocenters. The van der Waals surface area contributed by atoms with Crippen LogP contribution in [0.5, 0.6) is 0 Å². The van der Waals surface area contributed by atoms with Gasteiger partial charge in [-0.2, -0.15) is 4.65 Å². The van der Waals surface area contributed by atoms with E-state index in [1.54, 1.807) is 0 Å². The smallest absolute Gasteiger partial charge is 0.226 e. The quantitative estimate of drug-likeness (QED) is 0.298. The maximum Gasteiger partial charge on any atom is 0.226 e. The first kappa shape index (κ1) is 13.9. The Bertz CT molecular complexity index is 155. The lowest BCUT2D eigenvalue weighted by Crippen LogP contribution is -2.57. The molecule has 0 fully saturated rings. The molecule has 0 aromatic heterocycles. The highest BCUT2D eigenvalue weighted by Gasteiger charge is 2.39. The second kappa shape index (κ2) is 5.69. The average Bonchev–Trinajstić information content (AvgIpc) is 2.12. The highest BCUT2D eigenvalue weighted by Crippen LogP contribution is 2.21. The van der Waals surface area contributed by atoms with Crippen molar-refractivity contribution in [1.29, 1.82) is 0 Å². The van der Waals surface area contributed by atoms with Gasteiger partial charge in [-0.3, -0.25) is 0 Å². The molecule has 0 spiro atoms. The summed E-state index contributed by atoms with van der Waals surface area (Å²) in [5.41, 5.74) is -0.799. The molecule has 0 aliphatic heterocycles. The number of aliphatic hydroxyl groups is 1. The zero-order chi connectivity index (χ0) is 11.2. The van der Waals surface area contributed by atoms with Gasteiger partial charge in [-0.15, -0.1) is 0 Å². The molecule has 0 rings (SSSR count). The van der Waals surface area contributed by atoms with Gasteiger partial charge in [0.15, 0.2) is 0 Å². The Balaban J connectivity index is 3.94. The van der Waals surface area contributed by atoms with Crippen LogP contribution >= 0.6 is 0 Å². The molecule has 0 saturated heterocycles. The third-order valence-corrected chi connectivity index (χ3v) is 2.99. The Morgan fingerprint density at radius 2 is 1.79 bits per heavy atom. The molecule has 0 heterocycles. The first-order valence-corrected chi connectivity index (χ1v) is 5.58. The maximum atomic E-state index is 10.1. The normalized spacial score (nSPS) is 16.7. The number of quaternary nitrogens is 1. The zero-order valence-electron chi connectivity index (χ0n) is 10.3. The summed E-state index contributed by atoms with van der Waals surface area (Å²) in [6.07, 6.45) is 4.14. The number of hydrogen-bond donors (Lipinski definition) is 1. The standard InChI is InChI=1S/C11H26NO2/c1-6-8-9-10-14-12(4,5)11(3,13)7-2/h13H,6-10H2,1-5H3/q+1. The van der Waals surface area contributed by atoms with E-state index in [1.807, 2.05) is 27.9 Å². The topological polar surface area (TPSA) is 29.5 Å². The molecule has 0 amide bonds. The van der Waals surface area contributed by atoms with Gasteiger partial charge in [-0.1, -0.05) is 26.7 Å². The Kier molecular flexibility index (Phi) is 5.64. The average molecular weight is 204 g/mol. The van der Waals surface area contributed by atoms with Crippen molar-refractivity contribution >= 4 is 0 Å². The summed E-state index contributed by atoms with van der Waals surface area (Å²) in [7, 11) is 3.80. The van der Waals surface area contributed by atoms with Crippen LogP contribution in [0.25, 0.3) is 0 Å². The largest absolute Gasteiger partial charge is 0.340 e. The van der Waals surface area contributed by atoms with Crippen molar-refractivity contribution in [1.82, 2.24) is 0 Å². The van der Waals surface area contributed by atoms with Gasteiger partial charge in [-0.05, 0) is 6.42 Å². The summed E-state index contributed by atoms with van der Waals surface area (Å²) in [4.78, 5) is 5.67. The first-order chi connectivity index (χ1) is 6.37. The molecule has 0 aromatic rings. The Hall–Kier alpha value is -0.120. The van der Waals surface area contributed by atoms with Crippen molar-refractivity contribution in [3.8, 4) is 0 Å². The monoisotopic (exact) mass is 204 g/mol. The summed E-state index contributed by atoms with van der Waals surface area (Å²) in [6.45, 7) is 6.67. The minimum Gasteiger partial charge on any atom is -0.340 e. The first-order valence-electron chi connectivity index (χ1n) is 5.58. The number of rotatable bonds is 7. The van der Waals surface area contributed by atoms with E-state index in [2.05, 4.69) is 6.92 Å². The highest BCUT2D eigenvalue weighted by atomic mass is 16.7. The number of hydroxylamine groups is 3. The van der Waals surface area contributed by atoms with Crippen molar-refractivity contribution in [2.45, 2.75) is 52.2 Å². The van der Waals surface area contributed by atoms with E-state index in [4.69, 9.17) is 4.84 Å². The van der Waals surface area contributed by atoms with Crippen LogP contribution in [0, 0.1) is 0 Å². The van der Waals surface area contributed by atoms with Crippen LogP contribution in [0.15, 0.2) is 0 Å². The van der Waals surface area contributed by atoms with Crippen molar-refractivity contribution in [3.63, 3.8) is 0 Å². The van der Waals surface area contributed by atoms with Gasteiger partial charge in [0.05, 0.1) is 0 Å². The van der Waals surface area contributed by atoms with Crippen LogP contribution in [0.2, 0.25) is 0 Å². The van der Waals surface area contributed by atoms with E-state index in [0.717, 1.165) is 13.0 Å². The molecule has 14 heavy (non-hydrogen) atoms. The van der Waals surface area contributed by atoms with E-state index in [-0.39, 0.29) is 4.65 Å². The van der Waals surface area contributed by atoms with Gasteiger partial charge in [0.1, 0.15) is 20.7 Å². The fourth-order valence-electron chi connectivity index (χ4n) is 1.16. The summed E-state index contributed by atoms with van der Waals surface area (Å²) in [5.74, 6) is 0. The van der Waals surface area contributed by atoms with Crippen molar-refractivity contribution in [3.05, 3.63) is 0 Å². The van der Waals surface area contributed by atoms with Crippen LogP contribution in [-0.4, -0.2) is 36.2 Å². The molecule has 1 N–H and O–H groups in total. The Labute approximate surface area is 88.2 Å². The predicted octanol–water partition coefficient (Wildman–Crippen LogP) is 2.30. The zero-order valence-corrected chi connectivity index (χ0v) is 10.3. The molecule has 0 saturated carbocycles. The Morgan fingerprint density at radius 3 is 2.21 bits per heavy atom. The molecule has 0 bridgehead atoms. The molecular weight excluding hydrogens is 178 g/mol. The van der Waals surface area contributed by atoms with Gasteiger partial charge in [-0.25, -0.2) is 4.84 Å². The van der Waals surface area contributed by atoms with Gasteiger partial charge >= 0.3 is 0 Å². The van der Waals surface area contributed by atoms with E-state index in [1.165, 1.54) is 12.8 Å². The third kappa shape index (κ3) is 3.95. The van der Waals surface area contributed by atoms with Crippen molar-refractivity contribution < 1.29 is 14.6 Å². The second-order valence-electron chi connectivity index (χ2n) is 4.46. The number of nitrogens with zero attached hydrogens (tertiary/aromatic N) is 1. The van der Waals surface area contributed by atoms with Crippen LogP contribution in [-0.2, 0) is 4.84 Å². The van der Waals surface area contributed by atoms with Gasteiger partial charge in [0.2, 0.25) is 5.72 Å². The summed E-state index contributed by atoms with van der Waals surface area (Å²) < 4.78 is 0.215. The SMILES string of the molecule is CCCCCO[N+](C)(C)C(C)(O)CC. The lowest BCUT2D eigenvalue weighted by molar-refractivity contribution is -1.13. The lowest BCUT2D eigenvalue weighted by Gasteiger charge is -2.39. The van der Waals surface area contributed by atoms with Gasteiger partial charge in [0.25, 0.3) is 0 Å². The number of unbranched alkanes of at least 4 members (excludes halogenated alkanes) is 2. The fraction of sp³-hybridized carbons (Fsp3) is 1.00. The highest BCUT2D eigenvalue weighted by molar-refractivity contribution is 4.53. The predicted molar refractivity (Wildman–Crippen MR) is 58.5 cm³/mol. The molecule has 0 aromatic carbocycles. The lowest BCUT2D eigenvalue weighted by atomic mass is 10.2. The van der Waals surface area contributed by atoms with Crippen LogP contribution in [0.1, 0.15) is 46.5 Å². The molecule has 86 valence electrons. The molecule has 3 nitrogen and oxygen atoms in total. The number of hydrogen-bond acceptors (Lipinski definition) is 2. The van der Waals surface area contributed by atoms with Crippen molar-refractivity contribution in [2.24, 2.45) is 0 Å². The fourth-order valence-corrected chi connectivity index (χ4v) is 1.16. The maximum absolute atomic E-state index is 10.1.